The number of aromatic hydroxyl groups is 1. The molecule has 3 aromatic rings. The lowest BCUT2D eigenvalue weighted by Gasteiger charge is -1.99. The summed E-state index contributed by atoms with van der Waals surface area (Å²) in [5.41, 5.74) is 9.42. The Morgan fingerprint density at radius 3 is 2.89 bits per heavy atom. The van der Waals surface area contributed by atoms with E-state index in [1.807, 2.05) is 24.3 Å². The molecule has 0 atom stereocenters. The lowest BCUT2D eigenvalue weighted by Crippen LogP contribution is -1.97. The van der Waals surface area contributed by atoms with E-state index in [4.69, 9.17) is 5.73 Å². The van der Waals surface area contributed by atoms with Crippen molar-refractivity contribution in [2.24, 2.45) is 5.73 Å². The van der Waals surface area contributed by atoms with Crippen LogP contribution < -0.4 is 5.73 Å². The highest BCUT2D eigenvalue weighted by Crippen LogP contribution is 2.25. The average Bonchev–Trinajstić information content (AvgIpc) is 2.81. The van der Waals surface area contributed by atoms with Crippen LogP contribution in [0.2, 0.25) is 0 Å². The molecule has 2 aromatic heterocycles. The van der Waals surface area contributed by atoms with Gasteiger partial charge in [0.05, 0.1) is 11.4 Å². The van der Waals surface area contributed by atoms with Crippen LogP contribution in [-0.2, 0) is 6.54 Å². The van der Waals surface area contributed by atoms with Crippen molar-refractivity contribution in [3.05, 3.63) is 48.2 Å². The maximum atomic E-state index is 9.45. The number of aromatic nitrogens is 2. The highest BCUT2D eigenvalue weighted by Gasteiger charge is 2.05. The number of phenolic OH excluding ortho intramolecular Hbond substituents is 1. The van der Waals surface area contributed by atoms with Crippen molar-refractivity contribution in [2.75, 3.05) is 0 Å². The molecule has 90 valence electrons. The van der Waals surface area contributed by atoms with Gasteiger partial charge in [-0.3, -0.25) is 4.98 Å². The Bertz CT molecular complexity index is 703. The lowest BCUT2D eigenvalue weighted by atomic mass is 10.2. The third kappa shape index (κ3) is 1.83. The van der Waals surface area contributed by atoms with Crippen molar-refractivity contribution in [1.29, 1.82) is 0 Å². The standard InChI is InChI=1S/C14H13N3O/c15-8-9-3-4-16-13(5-9)14-7-10-6-11(18)1-2-12(10)17-14/h1-7,17-18H,8,15H2. The summed E-state index contributed by atoms with van der Waals surface area (Å²) < 4.78 is 0. The van der Waals surface area contributed by atoms with Crippen molar-refractivity contribution < 1.29 is 5.11 Å². The van der Waals surface area contributed by atoms with Gasteiger partial charge in [0.15, 0.2) is 0 Å². The molecule has 1 aromatic carbocycles. The Morgan fingerprint density at radius 2 is 2.06 bits per heavy atom. The van der Waals surface area contributed by atoms with Crippen LogP contribution in [0.5, 0.6) is 5.75 Å². The van der Waals surface area contributed by atoms with Crippen LogP contribution in [0, 0.1) is 0 Å². The molecule has 4 N–H and O–H groups in total. The third-order valence-electron chi connectivity index (χ3n) is 2.94. The highest BCUT2D eigenvalue weighted by molar-refractivity contribution is 5.86. The number of hydrogen-bond donors (Lipinski definition) is 3. The Balaban J connectivity index is 2.13. The molecular weight excluding hydrogens is 226 g/mol. The molecule has 4 heteroatoms. The van der Waals surface area contributed by atoms with Crippen LogP contribution in [0.3, 0.4) is 0 Å². The van der Waals surface area contributed by atoms with Gasteiger partial charge in [0.2, 0.25) is 0 Å². The Morgan fingerprint density at radius 1 is 1.17 bits per heavy atom. The van der Waals surface area contributed by atoms with E-state index in [-0.39, 0.29) is 5.75 Å². The second-order valence-electron chi connectivity index (χ2n) is 4.21. The van der Waals surface area contributed by atoms with E-state index in [9.17, 15) is 5.11 Å². The summed E-state index contributed by atoms with van der Waals surface area (Å²) in [6.07, 6.45) is 1.75. The SMILES string of the molecule is NCc1ccnc(-c2cc3cc(O)ccc3[nH]2)c1. The second-order valence-corrected chi connectivity index (χ2v) is 4.21. The number of benzene rings is 1. The molecule has 0 unspecified atom stereocenters. The number of pyridine rings is 1. The van der Waals surface area contributed by atoms with E-state index in [2.05, 4.69) is 9.97 Å². The highest BCUT2D eigenvalue weighted by atomic mass is 16.3. The molecule has 0 radical (unpaired) electrons. The number of rotatable bonds is 2. The molecule has 0 aliphatic carbocycles. The van der Waals surface area contributed by atoms with E-state index in [1.165, 1.54) is 0 Å². The molecule has 0 aliphatic rings. The first-order chi connectivity index (χ1) is 8.76. The van der Waals surface area contributed by atoms with Gasteiger partial charge < -0.3 is 15.8 Å². The zero-order valence-corrected chi connectivity index (χ0v) is 9.72. The quantitative estimate of drug-likeness (QED) is 0.642. The summed E-state index contributed by atoms with van der Waals surface area (Å²) in [7, 11) is 0. The first-order valence-corrected chi connectivity index (χ1v) is 5.73. The van der Waals surface area contributed by atoms with Crippen LogP contribution in [-0.4, -0.2) is 15.1 Å². The molecule has 0 aliphatic heterocycles. The summed E-state index contributed by atoms with van der Waals surface area (Å²) in [5, 5.41) is 10.4. The van der Waals surface area contributed by atoms with Crippen molar-refractivity contribution in [2.45, 2.75) is 6.54 Å². The van der Waals surface area contributed by atoms with Gasteiger partial charge in [0.1, 0.15) is 5.75 Å². The molecular formula is C14H13N3O. The number of fused-ring (bicyclic) bond motifs is 1. The fourth-order valence-corrected chi connectivity index (χ4v) is 2.01. The zero-order chi connectivity index (χ0) is 12.5. The first-order valence-electron chi connectivity index (χ1n) is 5.73. The van der Waals surface area contributed by atoms with Crippen LogP contribution in [0.15, 0.2) is 42.6 Å². The summed E-state index contributed by atoms with van der Waals surface area (Å²) in [6.45, 7) is 0.497. The van der Waals surface area contributed by atoms with Gasteiger partial charge >= 0.3 is 0 Å². The van der Waals surface area contributed by atoms with Crippen molar-refractivity contribution in [3.63, 3.8) is 0 Å². The molecule has 3 rings (SSSR count). The second kappa shape index (κ2) is 4.16. The zero-order valence-electron chi connectivity index (χ0n) is 9.72. The van der Waals surface area contributed by atoms with Crippen LogP contribution in [0.25, 0.3) is 22.3 Å². The minimum Gasteiger partial charge on any atom is -0.508 e. The van der Waals surface area contributed by atoms with Gasteiger partial charge in [-0.15, -0.1) is 0 Å². The normalized spacial score (nSPS) is 10.9. The molecule has 2 heterocycles. The van der Waals surface area contributed by atoms with E-state index >= 15 is 0 Å². The van der Waals surface area contributed by atoms with Gasteiger partial charge in [-0.05, 0) is 42.0 Å². The van der Waals surface area contributed by atoms with Crippen molar-refractivity contribution >= 4 is 10.9 Å². The Kier molecular flexibility index (Phi) is 2.50. The summed E-state index contributed by atoms with van der Waals surface area (Å²) in [5.74, 6) is 0.261. The molecule has 0 spiro atoms. The Labute approximate surface area is 104 Å². The van der Waals surface area contributed by atoms with Crippen molar-refractivity contribution in [1.82, 2.24) is 9.97 Å². The largest absolute Gasteiger partial charge is 0.508 e. The number of nitrogens with zero attached hydrogens (tertiary/aromatic N) is 1. The van der Waals surface area contributed by atoms with Crippen LogP contribution in [0.1, 0.15) is 5.56 Å². The van der Waals surface area contributed by atoms with E-state index in [0.717, 1.165) is 27.9 Å². The van der Waals surface area contributed by atoms with Gasteiger partial charge in [-0.25, -0.2) is 0 Å². The molecule has 0 saturated carbocycles. The smallest absolute Gasteiger partial charge is 0.116 e. The molecule has 0 bridgehead atoms. The molecule has 0 amide bonds. The number of nitrogens with two attached hydrogens (primary N) is 1. The van der Waals surface area contributed by atoms with Crippen LogP contribution >= 0.6 is 0 Å². The van der Waals surface area contributed by atoms with Crippen molar-refractivity contribution in [3.8, 4) is 17.1 Å². The van der Waals surface area contributed by atoms with E-state index in [1.54, 1.807) is 18.3 Å². The Hall–Kier alpha value is -2.33. The number of nitrogens with one attached hydrogen (secondary N) is 1. The number of H-pyrrole nitrogens is 1. The maximum absolute atomic E-state index is 9.45. The molecule has 18 heavy (non-hydrogen) atoms. The molecule has 4 nitrogen and oxygen atoms in total. The molecule has 0 fully saturated rings. The van der Waals surface area contributed by atoms with Gasteiger partial charge in [0.25, 0.3) is 0 Å². The fraction of sp³-hybridized carbons (Fsp3) is 0.0714. The third-order valence-corrected chi connectivity index (χ3v) is 2.94. The first kappa shape index (κ1) is 10.8. The fourth-order valence-electron chi connectivity index (χ4n) is 2.01. The summed E-state index contributed by atoms with van der Waals surface area (Å²) in [6, 6.07) is 11.1. The maximum Gasteiger partial charge on any atom is 0.116 e. The summed E-state index contributed by atoms with van der Waals surface area (Å²) >= 11 is 0. The van der Waals surface area contributed by atoms with E-state index < -0.39 is 0 Å². The van der Waals surface area contributed by atoms with Gasteiger partial charge in [0, 0.05) is 23.6 Å². The predicted molar refractivity (Wildman–Crippen MR) is 71.1 cm³/mol. The van der Waals surface area contributed by atoms with Gasteiger partial charge in [-0.1, -0.05) is 0 Å². The van der Waals surface area contributed by atoms with Gasteiger partial charge in [-0.2, -0.15) is 0 Å². The minimum absolute atomic E-state index is 0.261. The number of phenols is 1. The number of hydrogen-bond acceptors (Lipinski definition) is 3. The minimum atomic E-state index is 0.261. The average molecular weight is 239 g/mol. The van der Waals surface area contributed by atoms with E-state index in [0.29, 0.717) is 6.54 Å². The predicted octanol–water partition coefficient (Wildman–Crippen LogP) is 2.39. The van der Waals surface area contributed by atoms with Crippen LogP contribution in [0.4, 0.5) is 0 Å². The number of aromatic amines is 1. The monoisotopic (exact) mass is 239 g/mol. The summed E-state index contributed by atoms with van der Waals surface area (Å²) in [4.78, 5) is 7.60. The molecule has 0 saturated heterocycles. The topological polar surface area (TPSA) is 74.9 Å². The lowest BCUT2D eigenvalue weighted by molar-refractivity contribution is 0.476.